The summed E-state index contributed by atoms with van der Waals surface area (Å²) < 4.78 is 5.27. The van der Waals surface area contributed by atoms with Gasteiger partial charge in [-0.1, -0.05) is 18.2 Å². The number of nitriles is 1. The third kappa shape index (κ3) is 3.37. The number of anilines is 1. The number of aryl methyl sites for hydroxylation is 1. The van der Waals surface area contributed by atoms with Gasteiger partial charge in [0.1, 0.15) is 11.8 Å². The fourth-order valence-electron chi connectivity index (χ4n) is 2.97. The minimum Gasteiger partial charge on any atom is -0.450 e. The highest BCUT2D eigenvalue weighted by molar-refractivity contribution is 5.95. The summed E-state index contributed by atoms with van der Waals surface area (Å²) in [6.07, 6.45) is 1.99. The molecule has 1 amide bonds. The highest BCUT2D eigenvalue weighted by Crippen LogP contribution is 2.21. The smallest absolute Gasteiger partial charge is 0.257 e. The van der Waals surface area contributed by atoms with Crippen molar-refractivity contribution in [2.45, 2.75) is 25.8 Å². The molecule has 2 heterocycles. The molecule has 1 saturated heterocycles. The van der Waals surface area contributed by atoms with E-state index in [1.165, 1.54) is 6.07 Å². The molecule has 23 heavy (non-hydrogen) atoms. The van der Waals surface area contributed by atoms with Crippen LogP contribution in [-0.2, 0) is 0 Å². The Kier molecular flexibility index (Phi) is 4.33. The Hall–Kier alpha value is -2.74. The average molecular weight is 309 g/mol. The number of nitrogens with zero attached hydrogens (tertiary/aromatic N) is 2. The van der Waals surface area contributed by atoms with Crippen molar-refractivity contribution in [3.8, 4) is 6.07 Å². The van der Waals surface area contributed by atoms with Crippen LogP contribution in [0.3, 0.4) is 0 Å². The van der Waals surface area contributed by atoms with Crippen molar-refractivity contribution < 1.29 is 9.21 Å². The second-order valence-corrected chi connectivity index (χ2v) is 5.79. The van der Waals surface area contributed by atoms with Crippen LogP contribution in [-0.4, -0.2) is 29.9 Å². The molecular weight excluding hydrogens is 290 g/mol. The Morgan fingerprint density at radius 2 is 2.17 bits per heavy atom. The zero-order valence-electron chi connectivity index (χ0n) is 13.1. The second kappa shape index (κ2) is 6.57. The van der Waals surface area contributed by atoms with Crippen LogP contribution >= 0.6 is 0 Å². The van der Waals surface area contributed by atoms with Gasteiger partial charge in [0.25, 0.3) is 5.91 Å². The molecule has 0 aliphatic carbocycles. The van der Waals surface area contributed by atoms with E-state index in [9.17, 15) is 4.79 Å². The number of hydrogen-bond acceptors (Lipinski definition) is 4. The monoisotopic (exact) mass is 309 g/mol. The Bertz CT molecular complexity index is 730. The van der Waals surface area contributed by atoms with Crippen LogP contribution in [0, 0.1) is 18.3 Å². The molecule has 0 saturated carbocycles. The van der Waals surface area contributed by atoms with Gasteiger partial charge in [0.2, 0.25) is 5.76 Å². The largest absolute Gasteiger partial charge is 0.450 e. The summed E-state index contributed by atoms with van der Waals surface area (Å²) in [7, 11) is 0. The van der Waals surface area contributed by atoms with Crippen molar-refractivity contribution >= 4 is 11.6 Å². The molecule has 5 heteroatoms. The molecule has 0 radical (unpaired) electrons. The van der Waals surface area contributed by atoms with Crippen LogP contribution in [0.25, 0.3) is 0 Å². The van der Waals surface area contributed by atoms with E-state index in [4.69, 9.17) is 9.68 Å². The van der Waals surface area contributed by atoms with Gasteiger partial charge >= 0.3 is 0 Å². The molecule has 3 rings (SSSR count). The zero-order valence-corrected chi connectivity index (χ0v) is 13.1. The summed E-state index contributed by atoms with van der Waals surface area (Å²) in [5, 5.41) is 12.4. The van der Waals surface area contributed by atoms with Crippen LogP contribution in [0.2, 0.25) is 0 Å². The summed E-state index contributed by atoms with van der Waals surface area (Å²) in [4.78, 5) is 14.5. The van der Waals surface area contributed by atoms with E-state index < -0.39 is 0 Å². The van der Waals surface area contributed by atoms with Crippen LogP contribution in [0.4, 0.5) is 5.69 Å². The molecule has 1 aliphatic rings. The SMILES string of the molecule is Cc1oc(C#N)cc1C(=O)N1CCCC(Nc2ccccc2)C1. The number of likely N-dealkylation sites (tertiary alicyclic amines) is 1. The molecule has 5 nitrogen and oxygen atoms in total. The van der Waals surface area contributed by atoms with Crippen LogP contribution in [0.1, 0.15) is 34.7 Å². The molecule has 1 fully saturated rings. The maximum absolute atomic E-state index is 12.7. The van der Waals surface area contributed by atoms with Gasteiger partial charge in [0, 0.05) is 30.9 Å². The second-order valence-electron chi connectivity index (χ2n) is 5.79. The number of benzene rings is 1. The number of amides is 1. The molecule has 2 aromatic rings. The fraction of sp³-hybridized carbons (Fsp3) is 0.333. The molecule has 1 atom stereocenters. The number of rotatable bonds is 3. The van der Waals surface area contributed by atoms with E-state index in [-0.39, 0.29) is 17.7 Å². The molecule has 0 bridgehead atoms. The molecule has 1 aliphatic heterocycles. The molecule has 118 valence electrons. The first kappa shape index (κ1) is 15.2. The lowest BCUT2D eigenvalue weighted by Crippen LogP contribution is -2.45. The van der Waals surface area contributed by atoms with Crippen LogP contribution in [0.15, 0.2) is 40.8 Å². The lowest BCUT2D eigenvalue weighted by molar-refractivity contribution is 0.0713. The van der Waals surface area contributed by atoms with E-state index in [1.54, 1.807) is 6.92 Å². The van der Waals surface area contributed by atoms with E-state index in [0.717, 1.165) is 25.1 Å². The number of nitrogens with one attached hydrogen (secondary N) is 1. The fourth-order valence-corrected chi connectivity index (χ4v) is 2.97. The van der Waals surface area contributed by atoms with Gasteiger partial charge in [0.05, 0.1) is 5.56 Å². The van der Waals surface area contributed by atoms with Crippen molar-refractivity contribution in [3.05, 3.63) is 53.5 Å². The predicted molar refractivity (Wildman–Crippen MR) is 87.2 cm³/mol. The Morgan fingerprint density at radius 1 is 1.39 bits per heavy atom. The Labute approximate surface area is 135 Å². The third-order valence-corrected chi connectivity index (χ3v) is 4.11. The van der Waals surface area contributed by atoms with Crippen molar-refractivity contribution in [2.75, 3.05) is 18.4 Å². The highest BCUT2D eigenvalue weighted by Gasteiger charge is 2.26. The number of hydrogen-bond donors (Lipinski definition) is 1. The van der Waals surface area contributed by atoms with E-state index in [0.29, 0.717) is 17.9 Å². The Balaban J connectivity index is 1.69. The topological polar surface area (TPSA) is 69.3 Å². The zero-order chi connectivity index (χ0) is 16.2. The van der Waals surface area contributed by atoms with Gasteiger partial charge in [-0.05, 0) is 31.9 Å². The highest BCUT2D eigenvalue weighted by atomic mass is 16.3. The first-order valence-corrected chi connectivity index (χ1v) is 7.79. The predicted octanol–water partition coefficient (Wildman–Crippen LogP) is 3.18. The lowest BCUT2D eigenvalue weighted by atomic mass is 10.0. The average Bonchev–Trinajstić information content (AvgIpc) is 2.96. The number of piperidine rings is 1. The van der Waals surface area contributed by atoms with Crippen LogP contribution in [0.5, 0.6) is 0 Å². The molecule has 1 N–H and O–H groups in total. The van der Waals surface area contributed by atoms with Gasteiger partial charge in [-0.25, -0.2) is 0 Å². The van der Waals surface area contributed by atoms with Crippen molar-refractivity contribution in [1.82, 2.24) is 4.90 Å². The minimum atomic E-state index is -0.0627. The lowest BCUT2D eigenvalue weighted by Gasteiger charge is -2.33. The number of carbonyl (C=O) groups excluding carboxylic acids is 1. The summed E-state index contributed by atoms with van der Waals surface area (Å²) in [5.74, 6) is 0.624. The van der Waals surface area contributed by atoms with Crippen molar-refractivity contribution in [2.24, 2.45) is 0 Å². The number of para-hydroxylation sites is 1. The quantitative estimate of drug-likeness (QED) is 0.945. The molecule has 1 aromatic carbocycles. The third-order valence-electron chi connectivity index (χ3n) is 4.11. The van der Waals surface area contributed by atoms with Gasteiger partial charge in [0.15, 0.2) is 0 Å². The van der Waals surface area contributed by atoms with Gasteiger partial charge < -0.3 is 14.6 Å². The first-order chi connectivity index (χ1) is 11.2. The van der Waals surface area contributed by atoms with Gasteiger partial charge in [-0.2, -0.15) is 5.26 Å². The van der Waals surface area contributed by atoms with E-state index in [1.807, 2.05) is 41.3 Å². The molecule has 0 spiro atoms. The number of furan rings is 1. The van der Waals surface area contributed by atoms with Gasteiger partial charge in [-0.3, -0.25) is 4.79 Å². The van der Waals surface area contributed by atoms with Crippen molar-refractivity contribution in [1.29, 1.82) is 5.26 Å². The summed E-state index contributed by atoms with van der Waals surface area (Å²) >= 11 is 0. The van der Waals surface area contributed by atoms with E-state index in [2.05, 4.69) is 5.32 Å². The minimum absolute atomic E-state index is 0.0627. The Morgan fingerprint density at radius 3 is 2.87 bits per heavy atom. The van der Waals surface area contributed by atoms with Gasteiger partial charge in [-0.15, -0.1) is 0 Å². The standard InChI is InChI=1S/C18H19N3O2/c1-13-17(10-16(11-19)23-13)18(22)21-9-5-8-15(12-21)20-14-6-3-2-4-7-14/h2-4,6-7,10,15,20H,5,8-9,12H2,1H3. The molecule has 1 aromatic heterocycles. The van der Waals surface area contributed by atoms with Crippen LogP contribution < -0.4 is 5.32 Å². The summed E-state index contributed by atoms with van der Waals surface area (Å²) in [5.41, 5.74) is 1.56. The maximum Gasteiger partial charge on any atom is 0.257 e. The number of carbonyl (C=O) groups is 1. The first-order valence-electron chi connectivity index (χ1n) is 7.79. The molecule has 1 unspecified atom stereocenters. The van der Waals surface area contributed by atoms with E-state index >= 15 is 0 Å². The summed E-state index contributed by atoms with van der Waals surface area (Å²) in [6.45, 7) is 3.11. The normalized spacial score (nSPS) is 17.6. The molecular formula is C18H19N3O2. The maximum atomic E-state index is 12.7. The van der Waals surface area contributed by atoms with Crippen molar-refractivity contribution in [3.63, 3.8) is 0 Å². The summed E-state index contributed by atoms with van der Waals surface area (Å²) in [6, 6.07) is 13.7.